The zero-order valence-electron chi connectivity index (χ0n) is 57.1. The number of Topliss-reactive ketones (excluding diaryl/α,β-unsaturated/α-hetero) is 1. The van der Waals surface area contributed by atoms with Crippen LogP contribution in [0.25, 0.3) is 0 Å². The van der Waals surface area contributed by atoms with Gasteiger partial charge in [-0.3, -0.25) is 19.6 Å². The number of carbonyl (C=O) groups is 5. The highest BCUT2D eigenvalue weighted by Gasteiger charge is 2.65. The number of nitrogens with zero attached hydrogens (tertiary/aromatic N) is 1. The van der Waals surface area contributed by atoms with E-state index in [2.05, 4.69) is 25.2 Å². The maximum Gasteiger partial charge on any atom is 0.407 e. The van der Waals surface area contributed by atoms with Gasteiger partial charge in [-0.25, -0.2) is 9.59 Å². The van der Waals surface area contributed by atoms with E-state index < -0.39 is 211 Å². The molecule has 4 aliphatic carbocycles. The highest BCUT2D eigenvalue weighted by molar-refractivity contribution is 6.26. The molecule has 10 rings (SSSR count). The smallest absolute Gasteiger partial charge is 0.407 e. The highest BCUT2D eigenvalue weighted by Crippen LogP contribution is 2.61. The minimum absolute atomic E-state index is 0.00417. The summed E-state index contributed by atoms with van der Waals surface area (Å²) in [4.78, 5) is 68.9. The fraction of sp³-hybridized carbons (Fsp3) is 0.783. The second-order valence-corrected chi connectivity index (χ2v) is 29.2. The molecule has 95 heavy (non-hydrogen) atoms. The van der Waals surface area contributed by atoms with Crippen molar-refractivity contribution in [3.63, 3.8) is 0 Å². The molecule has 6 heterocycles. The molecule has 532 valence electrons. The Kier molecular flexibility index (Phi) is 22.6. The predicted molar refractivity (Wildman–Crippen MR) is 334 cm³/mol. The minimum atomic E-state index is -2.20. The number of carbonyl (C=O) groups excluding carboxylic acids is 5. The third kappa shape index (κ3) is 14.6. The van der Waals surface area contributed by atoms with Crippen LogP contribution in [-0.4, -0.2) is 202 Å². The fourth-order valence-electron chi connectivity index (χ4n) is 17.0. The number of hydrogen-bond donors (Lipinski definition) is 6. The summed E-state index contributed by atoms with van der Waals surface area (Å²) in [5.74, 6) is -6.80. The van der Waals surface area contributed by atoms with Gasteiger partial charge in [0.05, 0.1) is 97.7 Å². The molecular weight excluding hydrogens is 1240 g/mol. The Morgan fingerprint density at radius 1 is 0.726 bits per heavy atom. The lowest BCUT2D eigenvalue weighted by Gasteiger charge is -2.56. The molecule has 2 bridgehead atoms. The molecule has 29 atom stereocenters. The molecule has 7 fully saturated rings. The van der Waals surface area contributed by atoms with Crippen LogP contribution < -0.4 is 5.32 Å². The molecule has 10 aliphatic rings. The number of ether oxygens (including phenoxy) is 13. The molecular formula is C69H101N2O24-. The van der Waals surface area contributed by atoms with E-state index in [-0.39, 0.29) is 48.3 Å². The maximum atomic E-state index is 15.6. The number of aldehydes is 1. The predicted octanol–water partition coefficient (Wildman–Crippen LogP) is 6.91. The number of hydrogen-bond acceptors (Lipinski definition) is 25. The summed E-state index contributed by atoms with van der Waals surface area (Å²) in [5, 5.41) is 72.6. The fourth-order valence-corrected chi connectivity index (χ4v) is 17.0. The quantitative estimate of drug-likeness (QED) is 0.0242. The first-order chi connectivity index (χ1) is 44.8. The molecule has 0 aromatic rings. The second-order valence-electron chi connectivity index (χ2n) is 29.2. The van der Waals surface area contributed by atoms with Gasteiger partial charge in [0.2, 0.25) is 5.78 Å². The zero-order valence-corrected chi connectivity index (χ0v) is 57.1. The normalized spacial score (nSPS) is 45.7. The molecule has 0 aromatic heterocycles. The van der Waals surface area contributed by atoms with Crippen LogP contribution in [0.3, 0.4) is 0 Å². The standard InChI is InChI=1S/C69H101N2O24/c1-31(2)64(78)94-60-39(10)87-54(27-50(60)91-51-22-20-49(37(8)85-51)90-53-26-47(75)59(38(9)86-53)92-52-21-18-45(73)36(7)84-52)93-58-35(6)23-34(5)57-42(58)16-17-43-32(3)15-19-48(89-55-29-67(12,71(81)82)61(40(11)88-55)70-66(80)83-14)33(4)24-44-46(74)25-41(30-72)28-69(44)63(77)56(65(79)95-69)62(76)68(43,57)13/h15-17,24-25,30-31,34-40,42-55,57-61,73-76,81H,18-23,26-29H2,1-14H3,(H,70,80)/q-1. The van der Waals surface area contributed by atoms with Crippen LogP contribution in [0, 0.1) is 52.0 Å². The van der Waals surface area contributed by atoms with E-state index in [9.17, 15) is 50.0 Å². The molecule has 6 saturated heterocycles. The molecule has 29 unspecified atom stereocenters. The SMILES string of the molecule is COC(=O)NC1C(C)OC(OC2CC=C(C)C3C=CC4C(OC5CC(OC6CCC(OC7CC(O)C(OC8CCC(O)C(C)O8)C(C)O7)C(C)O6)C(OC(=O)C(C)C)C(C)O5)C(C)CC(C)C4C3(C)C(O)=C3C(=O)OC4(CC(C=O)=CC(O)C4C=C2C)C3=O)CC1(C)N([O-])O. The summed E-state index contributed by atoms with van der Waals surface area (Å²) >= 11 is 0. The first kappa shape index (κ1) is 73.1. The lowest BCUT2D eigenvalue weighted by atomic mass is 9.49. The van der Waals surface area contributed by atoms with E-state index >= 15 is 4.79 Å². The van der Waals surface area contributed by atoms with Crippen LogP contribution >= 0.6 is 0 Å². The monoisotopic (exact) mass is 1340 g/mol. The third-order valence-corrected chi connectivity index (χ3v) is 22.2. The van der Waals surface area contributed by atoms with Crippen molar-refractivity contribution < 1.29 is 111 Å². The number of esters is 2. The number of aliphatic hydroxyl groups is 4. The van der Waals surface area contributed by atoms with E-state index in [4.69, 9.17) is 61.6 Å². The summed E-state index contributed by atoms with van der Waals surface area (Å²) in [7, 11) is 1.16. The van der Waals surface area contributed by atoms with Crippen LogP contribution in [0.5, 0.6) is 0 Å². The van der Waals surface area contributed by atoms with Crippen molar-refractivity contribution in [2.75, 3.05) is 7.11 Å². The number of allylic oxidation sites excluding steroid dienone is 3. The van der Waals surface area contributed by atoms with E-state index in [0.717, 1.165) is 12.7 Å². The van der Waals surface area contributed by atoms with Crippen LogP contribution in [0.4, 0.5) is 4.79 Å². The van der Waals surface area contributed by atoms with Crippen LogP contribution in [-0.2, 0) is 80.8 Å². The number of rotatable bonds is 15. The van der Waals surface area contributed by atoms with Crippen molar-refractivity contribution in [1.29, 1.82) is 0 Å². The van der Waals surface area contributed by atoms with Crippen molar-refractivity contribution in [2.24, 2.45) is 46.8 Å². The molecule has 0 radical (unpaired) electrons. The lowest BCUT2D eigenvalue weighted by Crippen LogP contribution is -2.67. The van der Waals surface area contributed by atoms with Crippen molar-refractivity contribution in [1.82, 2.24) is 10.5 Å². The Balaban J connectivity index is 0.913. The number of hydroxylamine groups is 2. The Morgan fingerprint density at radius 2 is 1.36 bits per heavy atom. The number of nitrogens with one attached hydrogen (secondary N) is 1. The number of methoxy groups -OCH3 is 1. The summed E-state index contributed by atoms with van der Waals surface area (Å²) < 4.78 is 82.2. The highest BCUT2D eigenvalue weighted by atomic mass is 16.8. The molecule has 1 saturated carbocycles. The molecule has 0 aromatic carbocycles. The number of aliphatic hydroxyl groups excluding tert-OH is 4. The number of ketones is 1. The Labute approximate surface area is 555 Å². The molecule has 26 heteroatoms. The third-order valence-electron chi connectivity index (χ3n) is 22.2. The van der Waals surface area contributed by atoms with E-state index in [1.165, 1.54) is 13.0 Å². The first-order valence-corrected chi connectivity index (χ1v) is 34.0. The lowest BCUT2D eigenvalue weighted by molar-refractivity contribution is -0.331. The molecule has 6 aliphatic heterocycles. The van der Waals surface area contributed by atoms with Crippen molar-refractivity contribution in [3.8, 4) is 0 Å². The Morgan fingerprint density at radius 3 is 2.01 bits per heavy atom. The van der Waals surface area contributed by atoms with Gasteiger partial charge in [-0.2, -0.15) is 0 Å². The average Bonchev–Trinajstić information content (AvgIpc) is 1.52. The number of fused-ring (bicyclic) bond motifs is 4. The molecule has 1 spiro atoms. The Hall–Kier alpha value is -4.59. The van der Waals surface area contributed by atoms with E-state index in [1.807, 2.05) is 39.8 Å². The van der Waals surface area contributed by atoms with Crippen molar-refractivity contribution in [3.05, 3.63) is 63.6 Å². The van der Waals surface area contributed by atoms with E-state index in [0.29, 0.717) is 44.0 Å². The molecule has 1 amide bonds. The van der Waals surface area contributed by atoms with Gasteiger partial charge in [-0.05, 0) is 116 Å². The van der Waals surface area contributed by atoms with Gasteiger partial charge in [0.1, 0.15) is 29.8 Å². The topological polar surface area (TPSA) is 345 Å². The average molecular weight is 1340 g/mol. The van der Waals surface area contributed by atoms with Gasteiger partial charge in [0.25, 0.3) is 0 Å². The number of amides is 1. The summed E-state index contributed by atoms with van der Waals surface area (Å²) in [6.07, 6.45) is -3.97. The van der Waals surface area contributed by atoms with Gasteiger partial charge in [-0.1, -0.05) is 64.5 Å². The largest absolute Gasteiger partial charge is 0.762 e. The minimum Gasteiger partial charge on any atom is -0.762 e. The number of alkyl carbamates (subject to hydrolysis) is 1. The van der Waals surface area contributed by atoms with Crippen molar-refractivity contribution >= 4 is 30.1 Å². The van der Waals surface area contributed by atoms with Crippen LogP contribution in [0.2, 0.25) is 0 Å². The van der Waals surface area contributed by atoms with Gasteiger partial charge in [0.15, 0.2) is 43.2 Å². The van der Waals surface area contributed by atoms with Crippen molar-refractivity contribution in [2.45, 2.75) is 288 Å². The summed E-state index contributed by atoms with van der Waals surface area (Å²) in [6.45, 7) is 23.4. The summed E-state index contributed by atoms with van der Waals surface area (Å²) in [6, 6.07) is -1.06. The maximum absolute atomic E-state index is 15.6. The van der Waals surface area contributed by atoms with Gasteiger partial charge in [-0.15, -0.1) is 0 Å². The van der Waals surface area contributed by atoms with Gasteiger partial charge >= 0.3 is 18.0 Å². The Bertz CT molecular complexity index is 2960. The second kappa shape index (κ2) is 29.3. The molecule has 26 nitrogen and oxygen atoms in total. The van der Waals surface area contributed by atoms with Gasteiger partial charge < -0.3 is 97.7 Å². The summed E-state index contributed by atoms with van der Waals surface area (Å²) in [5.41, 5.74) is -4.76. The van der Waals surface area contributed by atoms with Crippen LogP contribution in [0.15, 0.2) is 58.4 Å². The molecule has 6 N–H and O–H groups in total. The van der Waals surface area contributed by atoms with E-state index in [1.54, 1.807) is 47.6 Å². The first-order valence-electron chi connectivity index (χ1n) is 34.0. The van der Waals surface area contributed by atoms with Gasteiger partial charge in [0, 0.05) is 55.8 Å². The zero-order chi connectivity index (χ0) is 69.1. The van der Waals surface area contributed by atoms with Crippen LogP contribution in [0.1, 0.15) is 154 Å².